The predicted octanol–water partition coefficient (Wildman–Crippen LogP) is 0.958. The molecule has 2 aromatic rings. The van der Waals surface area contributed by atoms with Crippen molar-refractivity contribution in [1.82, 2.24) is 14.8 Å². The minimum atomic E-state index is -0.964. The van der Waals surface area contributed by atoms with Gasteiger partial charge in [-0.2, -0.15) is 0 Å². The predicted molar refractivity (Wildman–Crippen MR) is 61.4 cm³/mol. The zero-order valence-corrected chi connectivity index (χ0v) is 9.69. The van der Waals surface area contributed by atoms with Crippen molar-refractivity contribution in [3.63, 3.8) is 0 Å². The zero-order valence-electron chi connectivity index (χ0n) is 8.88. The molecule has 0 atom stereocenters. The number of H-pyrrole nitrogens is 1. The summed E-state index contributed by atoms with van der Waals surface area (Å²) in [5.74, 6) is -0.964. The molecule has 0 radical (unpaired) electrons. The molecule has 6 nitrogen and oxygen atoms in total. The number of nitrogens with one attached hydrogen (secondary N) is 1. The number of hydrogen-bond acceptors (Lipinski definition) is 4. The Morgan fingerprint density at radius 2 is 2.06 bits per heavy atom. The second kappa shape index (κ2) is 4.46. The third-order valence-corrected chi connectivity index (χ3v) is 3.20. The fourth-order valence-corrected chi connectivity index (χ4v) is 1.99. The van der Waals surface area contributed by atoms with E-state index in [9.17, 15) is 9.59 Å². The van der Waals surface area contributed by atoms with E-state index in [1.54, 1.807) is 19.2 Å². The summed E-state index contributed by atoms with van der Waals surface area (Å²) in [7, 11) is 1.61. The molecule has 0 spiro atoms. The summed E-state index contributed by atoms with van der Waals surface area (Å²) in [5.41, 5.74) is -0.0556. The molecule has 17 heavy (non-hydrogen) atoms. The molecular weight excluding hydrogens is 242 g/mol. The lowest BCUT2D eigenvalue weighted by Gasteiger charge is -2.00. The van der Waals surface area contributed by atoms with Crippen molar-refractivity contribution >= 4 is 17.7 Å². The maximum absolute atomic E-state index is 11.1. The average molecular weight is 251 g/mol. The summed E-state index contributed by atoms with van der Waals surface area (Å²) in [5, 5.41) is 15.4. The van der Waals surface area contributed by atoms with Gasteiger partial charge in [-0.3, -0.25) is 4.57 Å². The Morgan fingerprint density at radius 1 is 1.41 bits per heavy atom. The standard InChI is InChI=1S/C10H9N3O3S/c1-13-9(16)11-12-10(13)17-7-4-2-6(3-5-7)8(14)15/h2-5H,1H3,(H,11,16)(H,14,15). The monoisotopic (exact) mass is 251 g/mol. The van der Waals surface area contributed by atoms with E-state index in [0.29, 0.717) is 5.16 Å². The van der Waals surface area contributed by atoms with Gasteiger partial charge >= 0.3 is 11.7 Å². The van der Waals surface area contributed by atoms with E-state index in [0.717, 1.165) is 4.90 Å². The van der Waals surface area contributed by atoms with E-state index in [1.165, 1.54) is 28.5 Å². The Kier molecular flexibility index (Phi) is 3.01. The first-order chi connectivity index (χ1) is 8.08. The Labute approximate surface area is 100 Å². The van der Waals surface area contributed by atoms with Crippen LogP contribution in [0, 0.1) is 0 Å². The summed E-state index contributed by atoms with van der Waals surface area (Å²) in [6.07, 6.45) is 0. The summed E-state index contributed by atoms with van der Waals surface area (Å²) in [6, 6.07) is 6.37. The number of aromatic amines is 1. The van der Waals surface area contributed by atoms with E-state index in [4.69, 9.17) is 5.11 Å². The molecular formula is C10H9N3O3S. The van der Waals surface area contributed by atoms with Crippen LogP contribution in [-0.4, -0.2) is 25.8 Å². The van der Waals surface area contributed by atoms with Gasteiger partial charge in [0.2, 0.25) is 0 Å². The van der Waals surface area contributed by atoms with Crippen LogP contribution < -0.4 is 5.69 Å². The van der Waals surface area contributed by atoms with Gasteiger partial charge in [0.25, 0.3) is 0 Å². The van der Waals surface area contributed by atoms with Gasteiger partial charge in [-0.1, -0.05) is 0 Å². The number of hydrogen-bond donors (Lipinski definition) is 2. The molecule has 7 heteroatoms. The minimum absolute atomic E-state index is 0.227. The van der Waals surface area contributed by atoms with Crippen LogP contribution in [0.25, 0.3) is 0 Å². The van der Waals surface area contributed by atoms with Crippen LogP contribution in [0.5, 0.6) is 0 Å². The van der Waals surface area contributed by atoms with E-state index in [1.807, 2.05) is 0 Å². The van der Waals surface area contributed by atoms with Crippen LogP contribution in [0.15, 0.2) is 39.1 Å². The minimum Gasteiger partial charge on any atom is -0.478 e. The molecule has 0 unspecified atom stereocenters. The van der Waals surface area contributed by atoms with Gasteiger partial charge in [0.15, 0.2) is 5.16 Å². The number of carboxylic acids is 1. The van der Waals surface area contributed by atoms with Crippen LogP contribution in [0.1, 0.15) is 10.4 Å². The fraction of sp³-hybridized carbons (Fsp3) is 0.100. The second-order valence-corrected chi connectivity index (χ2v) is 4.34. The molecule has 0 aliphatic heterocycles. The normalized spacial score (nSPS) is 10.4. The van der Waals surface area contributed by atoms with Crippen molar-refractivity contribution in [3.05, 3.63) is 40.3 Å². The average Bonchev–Trinajstić information content (AvgIpc) is 2.62. The lowest BCUT2D eigenvalue weighted by Crippen LogP contribution is -2.12. The first-order valence-corrected chi connectivity index (χ1v) is 5.52. The molecule has 0 amide bonds. The highest BCUT2D eigenvalue weighted by atomic mass is 32.2. The Bertz CT molecular complexity index is 600. The lowest BCUT2D eigenvalue weighted by atomic mass is 10.2. The summed E-state index contributed by atoms with van der Waals surface area (Å²) < 4.78 is 1.38. The number of carbonyl (C=O) groups is 1. The van der Waals surface area contributed by atoms with Crippen molar-refractivity contribution < 1.29 is 9.90 Å². The van der Waals surface area contributed by atoms with Crippen molar-refractivity contribution in [3.8, 4) is 0 Å². The van der Waals surface area contributed by atoms with Gasteiger partial charge in [-0.15, -0.1) is 5.10 Å². The molecule has 2 rings (SSSR count). The molecule has 2 N–H and O–H groups in total. The highest BCUT2D eigenvalue weighted by Crippen LogP contribution is 2.24. The molecule has 0 saturated carbocycles. The number of aromatic nitrogens is 3. The third kappa shape index (κ3) is 2.39. The third-order valence-electron chi connectivity index (χ3n) is 2.15. The molecule has 0 saturated heterocycles. The summed E-state index contributed by atoms with van der Waals surface area (Å²) in [6.45, 7) is 0. The van der Waals surface area contributed by atoms with Crippen LogP contribution >= 0.6 is 11.8 Å². The SMILES string of the molecule is Cn1c(Sc2ccc(C(=O)O)cc2)n[nH]c1=O. The summed E-state index contributed by atoms with van der Waals surface area (Å²) >= 11 is 1.28. The number of nitrogens with zero attached hydrogens (tertiary/aromatic N) is 2. The molecule has 1 heterocycles. The molecule has 0 aliphatic carbocycles. The number of rotatable bonds is 3. The van der Waals surface area contributed by atoms with Crippen molar-refractivity contribution in [1.29, 1.82) is 0 Å². The molecule has 0 fully saturated rings. The van der Waals surface area contributed by atoms with Crippen molar-refractivity contribution in [2.45, 2.75) is 10.1 Å². The van der Waals surface area contributed by atoms with Crippen LogP contribution in [-0.2, 0) is 7.05 Å². The Balaban J connectivity index is 2.22. The molecule has 0 bridgehead atoms. The second-order valence-electron chi connectivity index (χ2n) is 3.30. The molecule has 1 aromatic heterocycles. The number of benzene rings is 1. The van der Waals surface area contributed by atoms with Gasteiger partial charge in [0, 0.05) is 11.9 Å². The first kappa shape index (κ1) is 11.5. The van der Waals surface area contributed by atoms with Gasteiger partial charge in [0.05, 0.1) is 5.56 Å². The van der Waals surface area contributed by atoms with Crippen molar-refractivity contribution in [2.75, 3.05) is 0 Å². The van der Waals surface area contributed by atoms with Crippen molar-refractivity contribution in [2.24, 2.45) is 7.05 Å². The topological polar surface area (TPSA) is 88.0 Å². The zero-order chi connectivity index (χ0) is 12.4. The van der Waals surface area contributed by atoms with Crippen LogP contribution in [0.3, 0.4) is 0 Å². The maximum atomic E-state index is 11.1. The van der Waals surface area contributed by atoms with Crippen LogP contribution in [0.4, 0.5) is 0 Å². The van der Waals surface area contributed by atoms with E-state index in [2.05, 4.69) is 10.2 Å². The molecule has 0 aliphatic rings. The highest BCUT2D eigenvalue weighted by molar-refractivity contribution is 7.99. The van der Waals surface area contributed by atoms with E-state index < -0.39 is 5.97 Å². The van der Waals surface area contributed by atoms with Crippen LogP contribution in [0.2, 0.25) is 0 Å². The number of carboxylic acid groups (broad SMARTS) is 1. The van der Waals surface area contributed by atoms with Gasteiger partial charge in [0.1, 0.15) is 0 Å². The first-order valence-electron chi connectivity index (χ1n) is 4.70. The Morgan fingerprint density at radius 3 is 2.53 bits per heavy atom. The summed E-state index contributed by atoms with van der Waals surface area (Å²) in [4.78, 5) is 22.6. The van der Waals surface area contributed by atoms with Gasteiger partial charge in [-0.05, 0) is 36.0 Å². The highest BCUT2D eigenvalue weighted by Gasteiger charge is 2.07. The smallest absolute Gasteiger partial charge is 0.343 e. The molecule has 1 aromatic carbocycles. The fourth-order valence-electron chi connectivity index (χ4n) is 1.19. The molecule has 88 valence electrons. The van der Waals surface area contributed by atoms with Gasteiger partial charge < -0.3 is 5.11 Å². The Hall–Kier alpha value is -2.02. The lowest BCUT2D eigenvalue weighted by molar-refractivity contribution is 0.0697. The quantitative estimate of drug-likeness (QED) is 0.848. The largest absolute Gasteiger partial charge is 0.478 e. The van der Waals surface area contributed by atoms with E-state index in [-0.39, 0.29) is 11.3 Å². The number of aromatic carboxylic acids is 1. The van der Waals surface area contributed by atoms with E-state index >= 15 is 0 Å². The van der Waals surface area contributed by atoms with Gasteiger partial charge in [-0.25, -0.2) is 14.7 Å². The maximum Gasteiger partial charge on any atom is 0.343 e.